The zero-order valence-corrected chi connectivity index (χ0v) is 8.04. The van der Waals surface area contributed by atoms with E-state index in [1.807, 2.05) is 25.1 Å². The first kappa shape index (κ1) is 9.65. The zero-order valence-electron chi connectivity index (χ0n) is 8.04. The summed E-state index contributed by atoms with van der Waals surface area (Å²) < 4.78 is 10.5. The predicted octanol–water partition coefficient (Wildman–Crippen LogP) is 2.74. The molecule has 0 N–H and O–H groups in total. The summed E-state index contributed by atoms with van der Waals surface area (Å²) in [5, 5.41) is 0. The van der Waals surface area contributed by atoms with Gasteiger partial charge < -0.3 is 9.47 Å². The summed E-state index contributed by atoms with van der Waals surface area (Å²) in [5.41, 5.74) is 1.03. The Kier molecular flexibility index (Phi) is 3.38. The van der Waals surface area contributed by atoms with Gasteiger partial charge in [-0.05, 0) is 24.6 Å². The molecule has 0 aromatic heterocycles. The van der Waals surface area contributed by atoms with Crippen molar-refractivity contribution in [3.63, 3.8) is 0 Å². The Bertz CT molecular complexity index is 292. The van der Waals surface area contributed by atoms with Crippen LogP contribution in [-0.4, -0.2) is 13.7 Å². The molecule has 0 saturated carbocycles. The van der Waals surface area contributed by atoms with Crippen LogP contribution in [0, 0.1) is 0 Å². The van der Waals surface area contributed by atoms with E-state index in [-0.39, 0.29) is 0 Å². The third kappa shape index (κ3) is 2.25. The third-order valence-corrected chi connectivity index (χ3v) is 1.72. The van der Waals surface area contributed by atoms with Crippen LogP contribution in [0.3, 0.4) is 0 Å². The van der Waals surface area contributed by atoms with Crippen molar-refractivity contribution in [2.45, 2.75) is 6.92 Å². The number of methoxy groups -OCH3 is 1. The van der Waals surface area contributed by atoms with Gasteiger partial charge in [0.05, 0.1) is 13.7 Å². The second-order valence-corrected chi connectivity index (χ2v) is 2.55. The van der Waals surface area contributed by atoms with Crippen molar-refractivity contribution in [2.24, 2.45) is 0 Å². The molecule has 0 heterocycles. The van der Waals surface area contributed by atoms with Crippen molar-refractivity contribution < 1.29 is 9.47 Å². The highest BCUT2D eigenvalue weighted by molar-refractivity contribution is 5.54. The topological polar surface area (TPSA) is 18.5 Å². The molecule has 0 amide bonds. The molecule has 2 heteroatoms. The average Bonchev–Trinajstić information content (AvgIpc) is 2.18. The quantitative estimate of drug-likeness (QED) is 0.705. The molecule has 13 heavy (non-hydrogen) atoms. The Balaban J connectivity index is 3.02. The molecule has 0 saturated heterocycles. The molecule has 0 radical (unpaired) electrons. The fraction of sp³-hybridized carbons (Fsp3) is 0.273. The lowest BCUT2D eigenvalue weighted by atomic mass is 10.2. The Morgan fingerprint density at radius 3 is 2.69 bits per heavy atom. The molecular formula is C11H14O2. The maximum Gasteiger partial charge on any atom is 0.161 e. The summed E-state index contributed by atoms with van der Waals surface area (Å²) in [6.45, 7) is 6.27. The largest absolute Gasteiger partial charge is 0.493 e. The van der Waals surface area contributed by atoms with Crippen LogP contribution in [0.1, 0.15) is 12.5 Å². The molecular weight excluding hydrogens is 164 g/mol. The first-order chi connectivity index (χ1) is 6.31. The highest BCUT2D eigenvalue weighted by Gasteiger charge is 2.02. The average molecular weight is 178 g/mol. The van der Waals surface area contributed by atoms with Crippen LogP contribution in [0.2, 0.25) is 0 Å². The molecule has 0 spiro atoms. The number of hydrogen-bond donors (Lipinski definition) is 0. The van der Waals surface area contributed by atoms with Crippen LogP contribution in [-0.2, 0) is 0 Å². The van der Waals surface area contributed by atoms with Gasteiger partial charge >= 0.3 is 0 Å². The smallest absolute Gasteiger partial charge is 0.161 e. The van der Waals surface area contributed by atoms with Gasteiger partial charge in [0, 0.05) is 0 Å². The van der Waals surface area contributed by atoms with Crippen LogP contribution in [0.15, 0.2) is 24.8 Å². The molecule has 0 unspecified atom stereocenters. The van der Waals surface area contributed by atoms with Crippen LogP contribution >= 0.6 is 0 Å². The molecule has 2 nitrogen and oxygen atoms in total. The number of hydrogen-bond acceptors (Lipinski definition) is 2. The van der Waals surface area contributed by atoms with Gasteiger partial charge in [0.1, 0.15) is 0 Å². The lowest BCUT2D eigenvalue weighted by Gasteiger charge is -2.09. The summed E-state index contributed by atoms with van der Waals surface area (Å²) >= 11 is 0. The van der Waals surface area contributed by atoms with Crippen molar-refractivity contribution in [2.75, 3.05) is 13.7 Å². The molecule has 0 aliphatic heterocycles. The van der Waals surface area contributed by atoms with Crippen LogP contribution in [0.5, 0.6) is 11.5 Å². The van der Waals surface area contributed by atoms with Gasteiger partial charge in [-0.2, -0.15) is 0 Å². The Morgan fingerprint density at radius 2 is 2.15 bits per heavy atom. The van der Waals surface area contributed by atoms with Crippen molar-refractivity contribution in [3.05, 3.63) is 30.3 Å². The highest BCUT2D eigenvalue weighted by atomic mass is 16.5. The van der Waals surface area contributed by atoms with E-state index < -0.39 is 0 Å². The molecule has 0 bridgehead atoms. The van der Waals surface area contributed by atoms with Crippen LogP contribution in [0.25, 0.3) is 6.08 Å². The third-order valence-electron chi connectivity index (χ3n) is 1.72. The number of ether oxygens (including phenoxy) is 2. The monoisotopic (exact) mass is 178 g/mol. The van der Waals surface area contributed by atoms with E-state index in [0.717, 1.165) is 17.1 Å². The summed E-state index contributed by atoms with van der Waals surface area (Å²) in [4.78, 5) is 0. The maximum atomic E-state index is 5.40. The standard InChI is InChI=1S/C11H14O2/c1-4-9-6-7-10(12-3)11(8-9)13-5-2/h4,6-8H,1,5H2,2-3H3. The first-order valence-electron chi connectivity index (χ1n) is 4.25. The summed E-state index contributed by atoms with van der Waals surface area (Å²) in [6, 6.07) is 5.73. The summed E-state index contributed by atoms with van der Waals surface area (Å²) in [7, 11) is 1.63. The summed E-state index contributed by atoms with van der Waals surface area (Å²) in [5.74, 6) is 1.52. The molecule has 1 rings (SSSR count). The van der Waals surface area contributed by atoms with Gasteiger partial charge in [0.15, 0.2) is 11.5 Å². The van der Waals surface area contributed by atoms with Crippen molar-refractivity contribution in [1.82, 2.24) is 0 Å². The van der Waals surface area contributed by atoms with Crippen LogP contribution < -0.4 is 9.47 Å². The Morgan fingerprint density at radius 1 is 1.38 bits per heavy atom. The van der Waals surface area contributed by atoms with E-state index in [1.165, 1.54) is 0 Å². The predicted molar refractivity (Wildman–Crippen MR) is 54.3 cm³/mol. The number of rotatable bonds is 4. The van der Waals surface area contributed by atoms with E-state index in [2.05, 4.69) is 6.58 Å². The molecule has 0 aliphatic carbocycles. The van der Waals surface area contributed by atoms with Crippen molar-refractivity contribution >= 4 is 6.08 Å². The van der Waals surface area contributed by atoms with Gasteiger partial charge in [-0.3, -0.25) is 0 Å². The van der Waals surface area contributed by atoms with Gasteiger partial charge in [0.2, 0.25) is 0 Å². The second kappa shape index (κ2) is 4.55. The fourth-order valence-electron chi connectivity index (χ4n) is 1.09. The molecule has 1 aromatic rings. The van der Waals surface area contributed by atoms with Crippen LogP contribution in [0.4, 0.5) is 0 Å². The SMILES string of the molecule is C=Cc1ccc(OC)c(OCC)c1. The van der Waals surface area contributed by atoms with Gasteiger partial charge in [0.25, 0.3) is 0 Å². The normalized spacial score (nSPS) is 9.38. The van der Waals surface area contributed by atoms with Crippen molar-refractivity contribution in [1.29, 1.82) is 0 Å². The molecule has 0 atom stereocenters. The van der Waals surface area contributed by atoms with E-state index in [9.17, 15) is 0 Å². The lowest BCUT2D eigenvalue weighted by Crippen LogP contribution is -1.95. The minimum absolute atomic E-state index is 0.636. The van der Waals surface area contributed by atoms with Crippen molar-refractivity contribution in [3.8, 4) is 11.5 Å². The van der Waals surface area contributed by atoms with E-state index in [4.69, 9.17) is 9.47 Å². The fourth-order valence-corrected chi connectivity index (χ4v) is 1.09. The minimum atomic E-state index is 0.636. The molecule has 1 aromatic carbocycles. The van der Waals surface area contributed by atoms with E-state index in [0.29, 0.717) is 6.61 Å². The Hall–Kier alpha value is -1.44. The highest BCUT2D eigenvalue weighted by Crippen LogP contribution is 2.28. The maximum absolute atomic E-state index is 5.40. The molecule has 0 fully saturated rings. The molecule has 0 aliphatic rings. The van der Waals surface area contributed by atoms with Gasteiger partial charge in [-0.1, -0.05) is 18.7 Å². The molecule has 70 valence electrons. The van der Waals surface area contributed by atoms with Gasteiger partial charge in [-0.15, -0.1) is 0 Å². The van der Waals surface area contributed by atoms with E-state index in [1.54, 1.807) is 13.2 Å². The van der Waals surface area contributed by atoms with Gasteiger partial charge in [-0.25, -0.2) is 0 Å². The second-order valence-electron chi connectivity index (χ2n) is 2.55. The Labute approximate surface area is 78.8 Å². The summed E-state index contributed by atoms with van der Waals surface area (Å²) in [6.07, 6.45) is 1.78. The lowest BCUT2D eigenvalue weighted by molar-refractivity contribution is 0.311. The van der Waals surface area contributed by atoms with E-state index >= 15 is 0 Å². The zero-order chi connectivity index (χ0) is 9.68. The first-order valence-corrected chi connectivity index (χ1v) is 4.25. The minimum Gasteiger partial charge on any atom is -0.493 e. The number of benzene rings is 1.